The average molecular weight is 834 g/mol. The predicted octanol–water partition coefficient (Wildman–Crippen LogP) is 6.60. The number of carbonyl (C=O) groups is 5. The first-order valence-electron chi connectivity index (χ1n) is 18.5. The SMILES string of the molecule is CN(C)C(=O)c1ccccc1C1CCN(CC[C@H](CN(C)C(=O)c2cc(C#N)cc3ccccc23)c2ccc(Cl)c(Cl)c2)CC1.O=C(O)CC(O)(CC(=O)O)C(=O)O. The molecule has 0 spiro atoms. The number of benzene rings is 4. The van der Waals surface area contributed by atoms with Crippen molar-refractivity contribution in [3.8, 4) is 6.07 Å². The Morgan fingerprint density at radius 3 is 2.03 bits per heavy atom. The smallest absolute Gasteiger partial charge is 0.336 e. The Kier molecular flexibility index (Phi) is 15.8. The molecule has 2 amide bonds. The van der Waals surface area contributed by atoms with Crippen LogP contribution in [0.5, 0.6) is 0 Å². The molecule has 1 saturated heterocycles. The van der Waals surface area contributed by atoms with Gasteiger partial charge in [0.1, 0.15) is 0 Å². The Morgan fingerprint density at radius 1 is 0.828 bits per heavy atom. The maximum Gasteiger partial charge on any atom is 0.336 e. The zero-order valence-electron chi connectivity index (χ0n) is 32.4. The lowest BCUT2D eigenvalue weighted by Crippen LogP contribution is -2.42. The topological polar surface area (TPSA) is 200 Å². The first-order chi connectivity index (χ1) is 27.4. The van der Waals surface area contributed by atoms with Crippen molar-refractivity contribution in [1.29, 1.82) is 5.26 Å². The molecular formula is C43H46Cl2N4O9. The molecule has 1 aliphatic rings. The van der Waals surface area contributed by atoms with Crippen LogP contribution in [0.1, 0.15) is 81.3 Å². The van der Waals surface area contributed by atoms with Crippen molar-refractivity contribution in [2.45, 2.75) is 49.5 Å². The van der Waals surface area contributed by atoms with E-state index in [9.17, 15) is 29.2 Å². The third-order valence-electron chi connectivity index (χ3n) is 10.2. The molecule has 0 bridgehead atoms. The molecule has 13 nitrogen and oxygen atoms in total. The van der Waals surface area contributed by atoms with Crippen molar-refractivity contribution in [2.24, 2.45) is 0 Å². The standard InChI is InChI=1S/C37H38Cl2N4O2.C6H8O7/c1-41(2)36(44)32-11-7-6-9-30(32)26-14-17-43(18-15-26)19-16-29(27-12-13-34(38)35(39)22-27)24-42(3)37(45)33-21-25(23-40)20-28-8-4-5-10-31(28)33;7-3(8)1-6(13,5(11)12)2-4(9)10/h4-13,20-22,26,29H,14-19,24H2,1-3H3;13H,1-2H2,(H,7,8)(H,9,10)(H,11,12)/t29-;/m1./s1. The normalized spacial score (nSPS) is 13.7. The lowest BCUT2D eigenvalue weighted by Gasteiger charge is -2.34. The van der Waals surface area contributed by atoms with Crippen molar-refractivity contribution < 1.29 is 44.4 Å². The summed E-state index contributed by atoms with van der Waals surface area (Å²) < 4.78 is 0. The molecule has 4 aromatic rings. The van der Waals surface area contributed by atoms with E-state index in [1.54, 1.807) is 30.0 Å². The van der Waals surface area contributed by atoms with Gasteiger partial charge in [-0.05, 0) is 97.0 Å². The Morgan fingerprint density at radius 2 is 1.45 bits per heavy atom. The molecule has 5 rings (SSSR count). The number of amides is 2. The summed E-state index contributed by atoms with van der Waals surface area (Å²) in [5.74, 6) is -4.73. The van der Waals surface area contributed by atoms with Gasteiger partial charge in [0.2, 0.25) is 0 Å². The number of fused-ring (bicyclic) bond motifs is 1. The number of hydrogen-bond acceptors (Lipinski definition) is 8. The van der Waals surface area contributed by atoms with Gasteiger partial charge in [-0.2, -0.15) is 5.26 Å². The van der Waals surface area contributed by atoms with E-state index in [0.717, 1.165) is 66.4 Å². The number of aliphatic hydroxyl groups is 1. The number of likely N-dealkylation sites (tertiary alicyclic amines) is 1. The molecule has 15 heteroatoms. The molecule has 0 unspecified atom stereocenters. The number of carbonyl (C=O) groups excluding carboxylic acids is 2. The van der Waals surface area contributed by atoms with Gasteiger partial charge in [0.25, 0.3) is 11.8 Å². The second kappa shape index (κ2) is 20.3. The highest BCUT2D eigenvalue weighted by molar-refractivity contribution is 6.42. The van der Waals surface area contributed by atoms with Gasteiger partial charge in [0.15, 0.2) is 5.60 Å². The monoisotopic (exact) mass is 832 g/mol. The molecule has 0 aliphatic carbocycles. The van der Waals surface area contributed by atoms with Gasteiger partial charge >= 0.3 is 17.9 Å². The predicted molar refractivity (Wildman–Crippen MR) is 219 cm³/mol. The summed E-state index contributed by atoms with van der Waals surface area (Å²) in [5, 5.41) is 46.1. The molecule has 4 aromatic carbocycles. The maximum atomic E-state index is 13.8. The zero-order chi connectivity index (χ0) is 42.7. The Labute approximate surface area is 346 Å². The van der Waals surface area contributed by atoms with E-state index < -0.39 is 36.4 Å². The molecular weight excluding hydrogens is 787 g/mol. The summed E-state index contributed by atoms with van der Waals surface area (Å²) in [7, 11) is 5.41. The molecule has 1 atom stereocenters. The van der Waals surface area contributed by atoms with Crippen LogP contribution in [0.2, 0.25) is 10.0 Å². The Bertz CT molecular complexity index is 2180. The van der Waals surface area contributed by atoms with Crippen LogP contribution < -0.4 is 0 Å². The highest BCUT2D eigenvalue weighted by Gasteiger charge is 2.40. The van der Waals surface area contributed by atoms with Crippen LogP contribution in [-0.4, -0.2) is 118 Å². The van der Waals surface area contributed by atoms with Gasteiger partial charge in [-0.15, -0.1) is 0 Å². The second-order valence-electron chi connectivity index (χ2n) is 14.6. The maximum absolute atomic E-state index is 13.8. The third-order valence-corrected chi connectivity index (χ3v) is 10.9. The lowest BCUT2D eigenvalue weighted by atomic mass is 9.86. The lowest BCUT2D eigenvalue weighted by molar-refractivity contribution is -0.170. The largest absolute Gasteiger partial charge is 0.481 e. The van der Waals surface area contributed by atoms with Crippen LogP contribution in [0, 0.1) is 11.3 Å². The summed E-state index contributed by atoms with van der Waals surface area (Å²) in [5.41, 5.74) is 1.21. The first-order valence-corrected chi connectivity index (χ1v) is 19.2. The van der Waals surface area contributed by atoms with Crippen molar-refractivity contribution in [3.05, 3.63) is 117 Å². The van der Waals surface area contributed by atoms with Crippen LogP contribution in [0.25, 0.3) is 10.8 Å². The molecule has 1 heterocycles. The zero-order valence-corrected chi connectivity index (χ0v) is 33.9. The highest BCUT2D eigenvalue weighted by Crippen LogP contribution is 2.33. The van der Waals surface area contributed by atoms with Crippen molar-refractivity contribution in [2.75, 3.05) is 47.3 Å². The van der Waals surface area contributed by atoms with Crippen molar-refractivity contribution in [1.82, 2.24) is 14.7 Å². The van der Waals surface area contributed by atoms with Crippen LogP contribution in [0.4, 0.5) is 0 Å². The minimum absolute atomic E-state index is 0.0234. The number of nitriles is 1. The number of aliphatic carboxylic acids is 3. The fraction of sp³-hybridized carbons (Fsp3) is 0.349. The quantitative estimate of drug-likeness (QED) is 0.107. The fourth-order valence-electron chi connectivity index (χ4n) is 7.11. The third kappa shape index (κ3) is 11.8. The average Bonchev–Trinajstić information content (AvgIpc) is 3.19. The minimum Gasteiger partial charge on any atom is -0.481 e. The fourth-order valence-corrected chi connectivity index (χ4v) is 7.42. The van der Waals surface area contributed by atoms with Crippen LogP contribution in [-0.2, 0) is 14.4 Å². The molecule has 4 N–H and O–H groups in total. The summed E-state index contributed by atoms with van der Waals surface area (Å²) in [4.78, 5) is 63.0. The molecule has 0 aromatic heterocycles. The molecule has 1 fully saturated rings. The molecule has 0 radical (unpaired) electrons. The molecule has 1 aliphatic heterocycles. The van der Waals surface area contributed by atoms with Crippen LogP contribution in [0.3, 0.4) is 0 Å². The summed E-state index contributed by atoms with van der Waals surface area (Å²) in [6, 6.07) is 27.1. The van der Waals surface area contributed by atoms with E-state index in [-0.39, 0.29) is 17.7 Å². The number of nitrogens with zero attached hydrogens (tertiary/aromatic N) is 4. The van der Waals surface area contributed by atoms with Crippen LogP contribution >= 0.6 is 23.2 Å². The minimum atomic E-state index is -2.74. The number of carboxylic acid groups (broad SMARTS) is 3. The van der Waals surface area contributed by atoms with E-state index in [1.165, 1.54) is 0 Å². The first kappa shape index (κ1) is 45.2. The van der Waals surface area contributed by atoms with Crippen molar-refractivity contribution >= 4 is 63.7 Å². The second-order valence-corrected chi connectivity index (χ2v) is 15.4. The molecule has 306 valence electrons. The van der Waals surface area contributed by atoms with E-state index in [2.05, 4.69) is 17.0 Å². The Balaban J connectivity index is 0.000000492. The van der Waals surface area contributed by atoms with E-state index >= 15 is 0 Å². The van der Waals surface area contributed by atoms with Gasteiger partial charge in [-0.3, -0.25) is 19.2 Å². The van der Waals surface area contributed by atoms with Crippen LogP contribution in [0.15, 0.2) is 78.9 Å². The summed E-state index contributed by atoms with van der Waals surface area (Å²) in [6.07, 6.45) is 0.504. The van der Waals surface area contributed by atoms with E-state index in [1.807, 2.05) is 73.8 Å². The Hall–Kier alpha value is -5.52. The van der Waals surface area contributed by atoms with Gasteiger partial charge in [0.05, 0.1) is 34.5 Å². The van der Waals surface area contributed by atoms with Gasteiger partial charge in [-0.25, -0.2) is 4.79 Å². The van der Waals surface area contributed by atoms with Gasteiger partial charge in [-0.1, -0.05) is 71.7 Å². The number of carboxylic acids is 3. The number of likely N-dealkylation sites (N-methyl/N-ethyl adjacent to an activating group) is 1. The summed E-state index contributed by atoms with van der Waals surface area (Å²) >= 11 is 12.7. The number of piperidine rings is 1. The number of hydrogen-bond donors (Lipinski definition) is 4. The summed E-state index contributed by atoms with van der Waals surface area (Å²) in [6.45, 7) is 3.22. The number of rotatable bonds is 14. The van der Waals surface area contributed by atoms with E-state index in [4.69, 9.17) is 43.6 Å². The molecule has 58 heavy (non-hydrogen) atoms. The molecule has 0 saturated carbocycles. The van der Waals surface area contributed by atoms with Gasteiger partial charge < -0.3 is 35.1 Å². The number of halogens is 2. The van der Waals surface area contributed by atoms with E-state index in [0.29, 0.717) is 33.6 Å². The highest BCUT2D eigenvalue weighted by atomic mass is 35.5. The van der Waals surface area contributed by atoms with Crippen molar-refractivity contribution in [3.63, 3.8) is 0 Å². The van der Waals surface area contributed by atoms with Gasteiger partial charge in [0, 0.05) is 44.7 Å².